The van der Waals surface area contributed by atoms with Gasteiger partial charge in [-0.1, -0.05) is 28.1 Å². The summed E-state index contributed by atoms with van der Waals surface area (Å²) in [5.41, 5.74) is 8.86. The van der Waals surface area contributed by atoms with Gasteiger partial charge in [-0.2, -0.15) is 0 Å². The van der Waals surface area contributed by atoms with Gasteiger partial charge in [0.15, 0.2) is 5.95 Å². The van der Waals surface area contributed by atoms with Crippen LogP contribution in [0.15, 0.2) is 28.7 Å². The number of hydrogen-bond donors (Lipinski definition) is 2. The van der Waals surface area contributed by atoms with E-state index >= 15 is 0 Å². The van der Waals surface area contributed by atoms with Crippen molar-refractivity contribution in [2.24, 2.45) is 0 Å². The Morgan fingerprint density at radius 1 is 1.33 bits per heavy atom. The minimum Gasteiger partial charge on any atom is -0.369 e. The first-order chi connectivity index (χ1) is 7.15. The second kappa shape index (κ2) is 4.06. The van der Waals surface area contributed by atoms with Crippen LogP contribution in [-0.4, -0.2) is 9.97 Å². The summed E-state index contributed by atoms with van der Waals surface area (Å²) < 4.78 is 1.09. The van der Waals surface area contributed by atoms with Gasteiger partial charge >= 0.3 is 0 Å². The van der Waals surface area contributed by atoms with Crippen LogP contribution in [0.25, 0.3) is 0 Å². The lowest BCUT2D eigenvalue weighted by Crippen LogP contribution is -1.91. The van der Waals surface area contributed by atoms with Gasteiger partial charge in [0.1, 0.15) is 0 Å². The van der Waals surface area contributed by atoms with Gasteiger partial charge in [0, 0.05) is 16.6 Å². The summed E-state index contributed by atoms with van der Waals surface area (Å²) in [5.74, 6) is 0.486. The monoisotopic (exact) mass is 265 g/mol. The minimum atomic E-state index is 0.486. The Hall–Kier alpha value is -1.29. The van der Waals surface area contributed by atoms with Crippen molar-refractivity contribution in [2.45, 2.75) is 13.3 Å². The molecule has 0 saturated heterocycles. The van der Waals surface area contributed by atoms with Crippen molar-refractivity contribution in [1.82, 2.24) is 9.97 Å². The maximum atomic E-state index is 5.58. The van der Waals surface area contributed by atoms with Gasteiger partial charge in [0.25, 0.3) is 0 Å². The van der Waals surface area contributed by atoms with E-state index in [9.17, 15) is 0 Å². The third-order valence-corrected chi connectivity index (χ3v) is 2.82. The van der Waals surface area contributed by atoms with Crippen LogP contribution in [0.4, 0.5) is 5.95 Å². The Bertz CT molecular complexity index is 459. The van der Waals surface area contributed by atoms with Crippen LogP contribution in [0, 0.1) is 6.92 Å². The number of aromatic amines is 1. The number of rotatable bonds is 2. The van der Waals surface area contributed by atoms with Gasteiger partial charge in [0.2, 0.25) is 0 Å². The van der Waals surface area contributed by atoms with Gasteiger partial charge < -0.3 is 10.7 Å². The maximum Gasteiger partial charge on any atom is 0.197 e. The van der Waals surface area contributed by atoms with Crippen LogP contribution >= 0.6 is 15.9 Å². The number of aromatic nitrogens is 2. The highest BCUT2D eigenvalue weighted by Gasteiger charge is 2.05. The Kier molecular flexibility index (Phi) is 2.77. The molecule has 0 radical (unpaired) electrons. The second-order valence-corrected chi connectivity index (χ2v) is 4.41. The Morgan fingerprint density at radius 3 is 2.53 bits per heavy atom. The third-order valence-electron chi connectivity index (χ3n) is 2.29. The van der Waals surface area contributed by atoms with Gasteiger partial charge in [-0.25, -0.2) is 4.98 Å². The number of halogens is 1. The number of nitrogens with zero attached hydrogens (tertiary/aromatic N) is 1. The van der Waals surface area contributed by atoms with Crippen LogP contribution in [0.3, 0.4) is 0 Å². The predicted molar refractivity (Wildman–Crippen MR) is 64.7 cm³/mol. The number of hydrogen-bond acceptors (Lipinski definition) is 2. The smallest absolute Gasteiger partial charge is 0.197 e. The Morgan fingerprint density at radius 2 is 2.00 bits per heavy atom. The molecule has 2 rings (SSSR count). The van der Waals surface area contributed by atoms with Crippen LogP contribution < -0.4 is 5.73 Å². The molecule has 4 heteroatoms. The van der Waals surface area contributed by atoms with Gasteiger partial charge in [-0.3, -0.25) is 0 Å². The van der Waals surface area contributed by atoms with Crippen molar-refractivity contribution >= 4 is 21.9 Å². The molecule has 0 saturated carbocycles. The van der Waals surface area contributed by atoms with E-state index < -0.39 is 0 Å². The average molecular weight is 266 g/mol. The molecule has 0 spiro atoms. The number of H-pyrrole nitrogens is 1. The summed E-state index contributed by atoms with van der Waals surface area (Å²) in [7, 11) is 0. The summed E-state index contributed by atoms with van der Waals surface area (Å²) >= 11 is 3.41. The number of aryl methyl sites for hydroxylation is 1. The molecule has 0 aliphatic rings. The van der Waals surface area contributed by atoms with Crippen molar-refractivity contribution in [3.8, 4) is 0 Å². The van der Waals surface area contributed by atoms with Gasteiger partial charge in [-0.05, 0) is 24.6 Å². The molecule has 1 heterocycles. The molecule has 0 aliphatic carbocycles. The Balaban J connectivity index is 2.21. The molecule has 0 bridgehead atoms. The molecule has 0 atom stereocenters. The SMILES string of the molecule is Cc1[nH]c(N)nc1Cc1ccc(Br)cc1. The average Bonchev–Trinajstić information content (AvgIpc) is 2.49. The molecule has 0 amide bonds. The molecule has 0 fully saturated rings. The fraction of sp³-hybridized carbons (Fsp3) is 0.182. The van der Waals surface area contributed by atoms with E-state index in [-0.39, 0.29) is 0 Å². The fourth-order valence-corrected chi connectivity index (χ4v) is 1.75. The lowest BCUT2D eigenvalue weighted by atomic mass is 10.1. The topological polar surface area (TPSA) is 54.7 Å². The number of nitrogen functional groups attached to an aromatic ring is 1. The van der Waals surface area contributed by atoms with Gasteiger partial charge in [-0.15, -0.1) is 0 Å². The lowest BCUT2D eigenvalue weighted by Gasteiger charge is -1.99. The molecular formula is C11H12BrN3. The highest BCUT2D eigenvalue weighted by atomic mass is 79.9. The van der Waals surface area contributed by atoms with E-state index in [0.29, 0.717) is 5.95 Å². The van der Waals surface area contributed by atoms with E-state index in [1.807, 2.05) is 19.1 Å². The predicted octanol–water partition coefficient (Wildman–Crippen LogP) is 2.65. The molecule has 15 heavy (non-hydrogen) atoms. The first-order valence-corrected chi connectivity index (χ1v) is 5.50. The number of benzene rings is 1. The number of imidazole rings is 1. The fourth-order valence-electron chi connectivity index (χ4n) is 1.49. The highest BCUT2D eigenvalue weighted by molar-refractivity contribution is 9.10. The molecule has 78 valence electrons. The van der Waals surface area contributed by atoms with Crippen LogP contribution in [0.1, 0.15) is 17.0 Å². The quantitative estimate of drug-likeness (QED) is 0.877. The van der Waals surface area contributed by atoms with E-state index in [4.69, 9.17) is 5.73 Å². The van der Waals surface area contributed by atoms with Crippen molar-refractivity contribution < 1.29 is 0 Å². The van der Waals surface area contributed by atoms with E-state index in [1.54, 1.807) is 0 Å². The van der Waals surface area contributed by atoms with Crippen molar-refractivity contribution in [3.05, 3.63) is 45.7 Å². The van der Waals surface area contributed by atoms with E-state index in [1.165, 1.54) is 5.56 Å². The molecule has 0 aliphatic heterocycles. The zero-order valence-corrected chi connectivity index (χ0v) is 10.0. The van der Waals surface area contributed by atoms with Crippen molar-refractivity contribution in [1.29, 1.82) is 0 Å². The summed E-state index contributed by atoms with van der Waals surface area (Å²) in [6.45, 7) is 1.98. The molecule has 3 nitrogen and oxygen atoms in total. The van der Waals surface area contributed by atoms with Crippen molar-refractivity contribution in [3.63, 3.8) is 0 Å². The number of nitrogens with two attached hydrogens (primary N) is 1. The van der Waals surface area contributed by atoms with Crippen LogP contribution in [0.2, 0.25) is 0 Å². The summed E-state index contributed by atoms with van der Waals surface area (Å²) in [6.07, 6.45) is 0.812. The largest absolute Gasteiger partial charge is 0.369 e. The molecule has 3 N–H and O–H groups in total. The summed E-state index contributed by atoms with van der Waals surface area (Å²) in [5, 5.41) is 0. The van der Waals surface area contributed by atoms with Crippen LogP contribution in [0.5, 0.6) is 0 Å². The third kappa shape index (κ3) is 2.39. The summed E-state index contributed by atoms with van der Waals surface area (Å²) in [6, 6.07) is 8.21. The number of anilines is 1. The lowest BCUT2D eigenvalue weighted by molar-refractivity contribution is 1.08. The van der Waals surface area contributed by atoms with Gasteiger partial charge in [0.05, 0.1) is 5.69 Å². The maximum absolute atomic E-state index is 5.58. The highest BCUT2D eigenvalue weighted by Crippen LogP contribution is 2.15. The van der Waals surface area contributed by atoms with E-state index in [0.717, 1.165) is 22.3 Å². The standard InChI is InChI=1S/C11H12BrN3/c1-7-10(15-11(13)14-7)6-8-2-4-9(12)5-3-8/h2-5H,6H2,1H3,(H3,13,14,15). The van der Waals surface area contributed by atoms with Crippen LogP contribution in [-0.2, 0) is 6.42 Å². The molecule has 0 unspecified atom stereocenters. The molecule has 2 aromatic rings. The van der Waals surface area contributed by atoms with E-state index in [2.05, 4.69) is 38.0 Å². The number of nitrogens with one attached hydrogen (secondary N) is 1. The zero-order valence-electron chi connectivity index (χ0n) is 8.42. The summed E-state index contributed by atoms with van der Waals surface area (Å²) in [4.78, 5) is 7.23. The first kappa shape index (κ1) is 10.2. The Labute approximate surface area is 96.9 Å². The molecule has 1 aromatic carbocycles. The zero-order chi connectivity index (χ0) is 10.8. The molecular weight excluding hydrogens is 254 g/mol. The first-order valence-electron chi connectivity index (χ1n) is 4.70. The van der Waals surface area contributed by atoms with Crippen molar-refractivity contribution in [2.75, 3.05) is 5.73 Å². The normalized spacial score (nSPS) is 10.5. The molecule has 1 aromatic heterocycles. The second-order valence-electron chi connectivity index (χ2n) is 3.50. The minimum absolute atomic E-state index is 0.486.